The Morgan fingerprint density at radius 2 is 1.97 bits per heavy atom. The van der Waals surface area contributed by atoms with Gasteiger partial charge < -0.3 is 14.5 Å². The van der Waals surface area contributed by atoms with Crippen LogP contribution in [-0.2, 0) is 10.2 Å². The van der Waals surface area contributed by atoms with E-state index < -0.39 is 23.5 Å². The van der Waals surface area contributed by atoms with Crippen molar-refractivity contribution in [2.45, 2.75) is 70.4 Å². The molecule has 8 nitrogen and oxygen atoms in total. The molecule has 39 heavy (non-hydrogen) atoms. The first-order valence-corrected chi connectivity index (χ1v) is 14.5. The maximum absolute atomic E-state index is 14.5. The van der Waals surface area contributed by atoms with Gasteiger partial charge in [0.05, 0.1) is 22.2 Å². The van der Waals surface area contributed by atoms with Gasteiger partial charge in [0, 0.05) is 10.0 Å². The van der Waals surface area contributed by atoms with Crippen molar-refractivity contribution in [2.75, 3.05) is 0 Å². The average molecular weight is 612 g/mol. The maximum Gasteiger partial charge on any atom is 0.329 e. The summed E-state index contributed by atoms with van der Waals surface area (Å²) >= 11 is 5.11. The number of hydrogen-bond donors (Lipinski definition) is 1. The molecule has 10 heteroatoms. The molecule has 5 rings (SSSR count). The number of benzene rings is 2. The molecule has 1 N–H and O–H groups in total. The molecule has 204 valence electrons. The lowest BCUT2D eigenvalue weighted by Gasteiger charge is -2.38. The summed E-state index contributed by atoms with van der Waals surface area (Å²) < 4.78 is 7.26. The minimum atomic E-state index is -1.50. The fourth-order valence-electron chi connectivity index (χ4n) is 5.74. The molecule has 1 amide bonds. The van der Waals surface area contributed by atoms with Gasteiger partial charge in [-0.05, 0) is 54.0 Å². The number of carbonyl (C=O) groups is 2. The molecule has 0 unspecified atom stereocenters. The molecular formula is C29H31BrN4O4S. The zero-order valence-corrected chi connectivity index (χ0v) is 24.9. The van der Waals surface area contributed by atoms with Gasteiger partial charge >= 0.3 is 5.97 Å². The molecule has 0 spiro atoms. The monoisotopic (exact) mass is 610 g/mol. The second-order valence-electron chi connectivity index (χ2n) is 11.6. The summed E-state index contributed by atoms with van der Waals surface area (Å²) in [6.07, 6.45) is 1.71. The Morgan fingerprint density at radius 3 is 2.56 bits per heavy atom. The SMILES string of the molecule is CC(C)C[C@@]1(C(=O)O)C[C@H](c2ncno2)[C@H](c2nc3ccccc3s2)N1C(=O)c1ccc(C(C)(C)C)c(Br)c1. The Hall–Kier alpha value is -3.11. The lowest BCUT2D eigenvalue weighted by atomic mass is 9.83. The highest BCUT2D eigenvalue weighted by molar-refractivity contribution is 9.10. The van der Waals surface area contributed by atoms with Crippen LogP contribution in [0.15, 0.2) is 57.8 Å². The van der Waals surface area contributed by atoms with E-state index in [4.69, 9.17) is 9.51 Å². The van der Waals surface area contributed by atoms with Crippen molar-refractivity contribution in [3.8, 4) is 0 Å². The number of thiazole rings is 1. The fourth-order valence-corrected chi connectivity index (χ4v) is 7.84. The number of likely N-dealkylation sites (tertiary alicyclic amines) is 1. The van der Waals surface area contributed by atoms with Crippen LogP contribution in [0.4, 0.5) is 0 Å². The fraction of sp³-hybridized carbons (Fsp3) is 0.414. The molecule has 2 aromatic carbocycles. The van der Waals surface area contributed by atoms with Gasteiger partial charge in [0.15, 0.2) is 6.33 Å². The van der Waals surface area contributed by atoms with E-state index in [1.165, 1.54) is 17.7 Å². The molecule has 0 aliphatic carbocycles. The van der Waals surface area contributed by atoms with Crippen molar-refractivity contribution in [1.29, 1.82) is 0 Å². The van der Waals surface area contributed by atoms with E-state index in [0.717, 1.165) is 20.3 Å². The molecule has 2 aromatic heterocycles. The number of aromatic nitrogens is 3. The Balaban J connectivity index is 1.73. The highest BCUT2D eigenvalue weighted by Crippen LogP contribution is 2.55. The summed E-state index contributed by atoms with van der Waals surface area (Å²) in [6, 6.07) is 12.5. The highest BCUT2D eigenvalue weighted by Gasteiger charge is 2.61. The lowest BCUT2D eigenvalue weighted by Crippen LogP contribution is -2.54. The van der Waals surface area contributed by atoms with E-state index >= 15 is 0 Å². The number of carboxylic acid groups (broad SMARTS) is 1. The minimum Gasteiger partial charge on any atom is -0.479 e. The van der Waals surface area contributed by atoms with Crippen LogP contribution >= 0.6 is 27.3 Å². The van der Waals surface area contributed by atoms with Gasteiger partial charge in [0.1, 0.15) is 10.5 Å². The standard InChI is InChI=1S/C29H31BrN4O4S/c1-16(2)13-29(27(36)37)14-18(24-31-15-32-38-24)23(25-33-21-8-6-7-9-22(21)39-25)34(29)26(35)17-10-11-19(20(30)12-17)28(3,4)5/h6-12,15-16,18,23H,13-14H2,1-5H3,(H,36,37)/t18-,23+,29-/m0/s1. The Morgan fingerprint density at radius 1 is 1.23 bits per heavy atom. The Bertz CT molecular complexity index is 1490. The molecular weight excluding hydrogens is 580 g/mol. The van der Waals surface area contributed by atoms with Crippen LogP contribution in [0.2, 0.25) is 0 Å². The van der Waals surface area contributed by atoms with Crippen LogP contribution < -0.4 is 0 Å². The molecule has 1 aliphatic heterocycles. The van der Waals surface area contributed by atoms with Crippen LogP contribution in [0, 0.1) is 5.92 Å². The van der Waals surface area contributed by atoms with Crippen molar-refractivity contribution >= 4 is 49.4 Å². The zero-order valence-electron chi connectivity index (χ0n) is 22.5. The molecule has 1 fully saturated rings. The van der Waals surface area contributed by atoms with Crippen LogP contribution in [0.25, 0.3) is 10.2 Å². The summed E-state index contributed by atoms with van der Waals surface area (Å²) in [7, 11) is 0. The topological polar surface area (TPSA) is 109 Å². The summed E-state index contributed by atoms with van der Waals surface area (Å²) in [5, 5.41) is 15.3. The largest absolute Gasteiger partial charge is 0.479 e. The summed E-state index contributed by atoms with van der Waals surface area (Å²) in [5.74, 6) is -1.66. The van der Waals surface area contributed by atoms with E-state index in [9.17, 15) is 14.7 Å². The maximum atomic E-state index is 14.5. The van der Waals surface area contributed by atoms with Crippen molar-refractivity contribution in [3.05, 3.63) is 75.3 Å². The van der Waals surface area contributed by atoms with Gasteiger partial charge in [-0.1, -0.05) is 73.9 Å². The van der Waals surface area contributed by atoms with Gasteiger partial charge in [-0.15, -0.1) is 11.3 Å². The number of carboxylic acids is 1. The summed E-state index contributed by atoms with van der Waals surface area (Å²) in [4.78, 5) is 38.5. The highest BCUT2D eigenvalue weighted by atomic mass is 79.9. The lowest BCUT2D eigenvalue weighted by molar-refractivity contribution is -0.150. The zero-order chi connectivity index (χ0) is 28.1. The smallest absolute Gasteiger partial charge is 0.329 e. The third-order valence-electron chi connectivity index (χ3n) is 7.32. The molecule has 1 saturated heterocycles. The van der Waals surface area contributed by atoms with E-state index in [1.54, 1.807) is 17.0 Å². The van der Waals surface area contributed by atoms with Crippen LogP contribution in [0.3, 0.4) is 0 Å². The van der Waals surface area contributed by atoms with Crippen molar-refractivity contribution in [1.82, 2.24) is 20.0 Å². The number of para-hydroxylation sites is 1. The van der Waals surface area contributed by atoms with Crippen LogP contribution in [-0.4, -0.2) is 42.5 Å². The molecule has 3 heterocycles. The van der Waals surface area contributed by atoms with Gasteiger partial charge in [-0.25, -0.2) is 9.78 Å². The van der Waals surface area contributed by atoms with Crippen LogP contribution in [0.1, 0.15) is 86.2 Å². The van der Waals surface area contributed by atoms with E-state index in [2.05, 4.69) is 46.8 Å². The van der Waals surface area contributed by atoms with E-state index in [-0.39, 0.29) is 30.1 Å². The van der Waals surface area contributed by atoms with Gasteiger partial charge in [-0.3, -0.25) is 4.79 Å². The van der Waals surface area contributed by atoms with E-state index in [1.807, 2.05) is 44.2 Å². The first-order valence-electron chi connectivity index (χ1n) is 12.9. The number of aliphatic carboxylic acids is 1. The van der Waals surface area contributed by atoms with Crippen molar-refractivity contribution in [3.63, 3.8) is 0 Å². The minimum absolute atomic E-state index is 0.00357. The number of halogens is 1. The predicted octanol–water partition coefficient (Wildman–Crippen LogP) is 6.98. The van der Waals surface area contributed by atoms with Gasteiger partial charge in [0.25, 0.3) is 5.91 Å². The first kappa shape index (κ1) is 27.5. The number of nitrogens with zero attached hydrogens (tertiary/aromatic N) is 4. The Kier molecular flexibility index (Phi) is 7.13. The normalized spacial score (nSPS) is 21.7. The van der Waals surface area contributed by atoms with E-state index in [0.29, 0.717) is 16.5 Å². The molecule has 3 atom stereocenters. The second-order valence-corrected chi connectivity index (χ2v) is 13.5. The summed E-state index contributed by atoms with van der Waals surface area (Å²) in [5.41, 5.74) is 0.619. The number of carbonyl (C=O) groups excluding carboxylic acids is 1. The molecule has 1 aliphatic rings. The number of amides is 1. The number of rotatable bonds is 6. The summed E-state index contributed by atoms with van der Waals surface area (Å²) in [6.45, 7) is 10.2. The third-order valence-corrected chi connectivity index (χ3v) is 9.09. The Labute approximate surface area is 239 Å². The predicted molar refractivity (Wildman–Crippen MR) is 153 cm³/mol. The third kappa shape index (κ3) is 4.89. The molecule has 0 radical (unpaired) electrons. The molecule has 4 aromatic rings. The molecule has 0 bridgehead atoms. The molecule has 0 saturated carbocycles. The number of fused-ring (bicyclic) bond motifs is 1. The number of hydrogen-bond acceptors (Lipinski definition) is 7. The van der Waals surface area contributed by atoms with Crippen molar-refractivity contribution in [2.24, 2.45) is 5.92 Å². The van der Waals surface area contributed by atoms with Gasteiger partial charge in [0.2, 0.25) is 5.89 Å². The van der Waals surface area contributed by atoms with Gasteiger partial charge in [-0.2, -0.15) is 4.98 Å². The van der Waals surface area contributed by atoms with Crippen LogP contribution in [0.5, 0.6) is 0 Å². The van der Waals surface area contributed by atoms with Crippen molar-refractivity contribution < 1.29 is 19.2 Å². The average Bonchev–Trinajstić information content (AvgIpc) is 3.59. The second kappa shape index (κ2) is 10.1. The first-order chi connectivity index (χ1) is 18.4. The quantitative estimate of drug-likeness (QED) is 0.251.